The molecule has 0 saturated heterocycles. The Morgan fingerprint density at radius 1 is 0.475 bits per heavy atom. The van der Waals surface area contributed by atoms with Gasteiger partial charge in [-0.1, -0.05) is 160 Å². The molecule has 1 N–H and O–H groups in total. The molecule has 0 aromatic heterocycles. The molecule has 2 aromatic carbocycles. The van der Waals surface area contributed by atoms with Gasteiger partial charge < -0.3 is 0 Å². The van der Waals surface area contributed by atoms with E-state index in [2.05, 4.69) is 26.0 Å². The van der Waals surface area contributed by atoms with Crippen molar-refractivity contribution in [3.05, 3.63) is 41.5 Å². The zero-order valence-corrected chi connectivity index (χ0v) is 26.8. The largest absolute Gasteiger partial charge is 0.294 e. The molecule has 228 valence electrons. The van der Waals surface area contributed by atoms with E-state index < -0.39 is 10.1 Å². The molecule has 3 nitrogen and oxygen atoms in total. The zero-order valence-electron chi connectivity index (χ0n) is 26.0. The second kappa shape index (κ2) is 21.3. The van der Waals surface area contributed by atoms with E-state index in [1.54, 1.807) is 6.07 Å². The fourth-order valence-corrected chi connectivity index (χ4v) is 6.47. The summed E-state index contributed by atoms with van der Waals surface area (Å²) < 4.78 is 32.9. The van der Waals surface area contributed by atoms with E-state index in [0.717, 1.165) is 23.6 Å². The second-order valence-corrected chi connectivity index (χ2v) is 13.6. The molecule has 0 fully saturated rings. The summed E-state index contributed by atoms with van der Waals surface area (Å²) in [5.41, 5.74) is 2.79. The summed E-state index contributed by atoms with van der Waals surface area (Å²) in [5, 5.41) is 1.98. The first-order valence-corrected chi connectivity index (χ1v) is 18.4. The summed E-state index contributed by atoms with van der Waals surface area (Å²) in [6.45, 7) is 4.55. The molecule has 0 aliphatic rings. The molecule has 0 atom stereocenters. The van der Waals surface area contributed by atoms with Gasteiger partial charge in [-0.2, -0.15) is 8.42 Å². The van der Waals surface area contributed by atoms with Gasteiger partial charge in [0, 0.05) is 0 Å². The molecule has 4 heteroatoms. The molecule has 0 heterocycles. The predicted octanol–water partition coefficient (Wildman–Crippen LogP) is 11.8. The van der Waals surface area contributed by atoms with Crippen LogP contribution < -0.4 is 0 Å². The van der Waals surface area contributed by atoms with Crippen molar-refractivity contribution in [1.29, 1.82) is 0 Å². The van der Waals surface area contributed by atoms with E-state index in [1.807, 2.05) is 6.07 Å². The highest BCUT2D eigenvalue weighted by atomic mass is 32.2. The second-order valence-electron chi connectivity index (χ2n) is 12.2. The molecule has 0 saturated carbocycles. The Balaban J connectivity index is 1.81. The summed E-state index contributed by atoms with van der Waals surface area (Å²) in [7, 11) is -4.19. The first kappa shape index (κ1) is 34.8. The lowest BCUT2D eigenvalue weighted by atomic mass is 9.93. The quantitative estimate of drug-likeness (QED) is 0.0950. The average Bonchev–Trinajstić information content (AvgIpc) is 2.93. The number of hydrogen-bond donors (Lipinski definition) is 1. The molecule has 0 aliphatic carbocycles. The van der Waals surface area contributed by atoms with Crippen LogP contribution >= 0.6 is 0 Å². The number of unbranched alkanes of at least 4 members (excludes halogenated alkanes) is 20. The SMILES string of the molecule is CCCCCCCCCCCCCc1cc2ccc(S(=O)(=O)O)cc2cc1CCCCCCCCCCCCC. The zero-order chi connectivity index (χ0) is 28.9. The van der Waals surface area contributed by atoms with Crippen molar-refractivity contribution in [2.75, 3.05) is 0 Å². The molecule has 0 bridgehead atoms. The van der Waals surface area contributed by atoms with E-state index in [1.165, 1.54) is 158 Å². The van der Waals surface area contributed by atoms with Gasteiger partial charge in [-0.15, -0.1) is 0 Å². The van der Waals surface area contributed by atoms with Gasteiger partial charge in [0.05, 0.1) is 4.90 Å². The summed E-state index contributed by atoms with van der Waals surface area (Å²) in [6.07, 6.45) is 31.8. The Labute approximate surface area is 247 Å². The van der Waals surface area contributed by atoms with Crippen LogP contribution in [0, 0.1) is 0 Å². The van der Waals surface area contributed by atoms with Gasteiger partial charge in [-0.25, -0.2) is 0 Å². The highest BCUT2D eigenvalue weighted by Gasteiger charge is 2.12. The lowest BCUT2D eigenvalue weighted by molar-refractivity contribution is 0.483. The third-order valence-corrected chi connectivity index (χ3v) is 9.38. The maximum atomic E-state index is 11.7. The number of fused-ring (bicyclic) bond motifs is 1. The lowest BCUT2D eigenvalue weighted by Crippen LogP contribution is -1.99. The first-order valence-electron chi connectivity index (χ1n) is 17.0. The lowest BCUT2D eigenvalue weighted by Gasteiger charge is -2.13. The van der Waals surface area contributed by atoms with Crippen LogP contribution in [-0.2, 0) is 23.0 Å². The van der Waals surface area contributed by atoms with E-state index in [-0.39, 0.29) is 4.90 Å². The van der Waals surface area contributed by atoms with Gasteiger partial charge in [-0.3, -0.25) is 4.55 Å². The number of aryl methyl sites for hydroxylation is 2. The summed E-state index contributed by atoms with van der Waals surface area (Å²) in [4.78, 5) is -0.0150. The van der Waals surface area contributed by atoms with E-state index >= 15 is 0 Å². The minimum Gasteiger partial charge on any atom is -0.282 e. The van der Waals surface area contributed by atoms with Crippen LogP contribution in [0.5, 0.6) is 0 Å². The van der Waals surface area contributed by atoms with Crippen molar-refractivity contribution in [2.24, 2.45) is 0 Å². The summed E-state index contributed by atoms with van der Waals surface area (Å²) in [5.74, 6) is 0. The molecule has 0 radical (unpaired) electrons. The van der Waals surface area contributed by atoms with Gasteiger partial charge in [0.15, 0.2) is 0 Å². The normalized spacial score (nSPS) is 12.0. The smallest absolute Gasteiger partial charge is 0.282 e. The number of hydrogen-bond acceptors (Lipinski definition) is 2. The minimum atomic E-state index is -4.19. The van der Waals surface area contributed by atoms with Gasteiger partial charge in [0.2, 0.25) is 0 Å². The van der Waals surface area contributed by atoms with Crippen LogP contribution in [0.4, 0.5) is 0 Å². The van der Waals surface area contributed by atoms with Gasteiger partial charge in [0.25, 0.3) is 10.1 Å². The Morgan fingerprint density at radius 2 is 0.825 bits per heavy atom. The predicted molar refractivity (Wildman–Crippen MR) is 174 cm³/mol. The monoisotopic (exact) mass is 572 g/mol. The molecule has 0 aliphatic heterocycles. The molecule has 0 spiro atoms. The fourth-order valence-electron chi connectivity index (χ4n) is 5.96. The van der Waals surface area contributed by atoms with E-state index in [0.29, 0.717) is 0 Å². The Morgan fingerprint density at radius 3 is 1.20 bits per heavy atom. The molecule has 40 heavy (non-hydrogen) atoms. The Kier molecular flexibility index (Phi) is 18.6. The maximum absolute atomic E-state index is 11.7. The number of rotatable bonds is 25. The first-order chi connectivity index (χ1) is 19.5. The fraction of sp³-hybridized carbons (Fsp3) is 0.722. The number of benzene rings is 2. The Bertz CT molecular complexity index is 1030. The highest BCUT2D eigenvalue weighted by molar-refractivity contribution is 7.85. The Hall–Kier alpha value is -1.39. The van der Waals surface area contributed by atoms with Crippen molar-refractivity contribution in [3.8, 4) is 0 Å². The van der Waals surface area contributed by atoms with Crippen molar-refractivity contribution in [2.45, 2.75) is 173 Å². The molecule has 0 unspecified atom stereocenters. The van der Waals surface area contributed by atoms with Crippen molar-refractivity contribution >= 4 is 20.9 Å². The van der Waals surface area contributed by atoms with Gasteiger partial charge in [0.1, 0.15) is 0 Å². The van der Waals surface area contributed by atoms with Crippen molar-refractivity contribution in [3.63, 3.8) is 0 Å². The van der Waals surface area contributed by atoms with E-state index in [9.17, 15) is 13.0 Å². The highest BCUT2D eigenvalue weighted by Crippen LogP contribution is 2.26. The maximum Gasteiger partial charge on any atom is 0.294 e. The average molecular weight is 573 g/mol. The van der Waals surface area contributed by atoms with Crippen molar-refractivity contribution < 1.29 is 13.0 Å². The molecule has 2 aromatic rings. The molecule has 0 amide bonds. The van der Waals surface area contributed by atoms with Crippen LogP contribution in [0.2, 0.25) is 0 Å². The van der Waals surface area contributed by atoms with Gasteiger partial charge >= 0.3 is 0 Å². The van der Waals surface area contributed by atoms with Crippen LogP contribution in [0.3, 0.4) is 0 Å². The van der Waals surface area contributed by atoms with E-state index in [4.69, 9.17) is 0 Å². The molecular weight excluding hydrogens is 512 g/mol. The molecular formula is C36H60O3S. The van der Waals surface area contributed by atoms with Gasteiger partial charge in [-0.05, 0) is 59.7 Å². The van der Waals surface area contributed by atoms with Crippen molar-refractivity contribution in [1.82, 2.24) is 0 Å². The third-order valence-electron chi connectivity index (χ3n) is 8.53. The van der Waals surface area contributed by atoms with Crippen LogP contribution in [0.1, 0.15) is 166 Å². The third kappa shape index (κ3) is 15.0. The van der Waals surface area contributed by atoms with Crippen LogP contribution in [-0.4, -0.2) is 13.0 Å². The minimum absolute atomic E-state index is 0.0150. The topological polar surface area (TPSA) is 54.4 Å². The van der Waals surface area contributed by atoms with Crippen LogP contribution in [0.15, 0.2) is 35.2 Å². The van der Waals surface area contributed by atoms with Crippen LogP contribution in [0.25, 0.3) is 10.8 Å². The molecule has 2 rings (SSSR count). The summed E-state index contributed by atoms with van der Waals surface area (Å²) >= 11 is 0. The standard InChI is InChI=1S/C36H60O3S/c1-3-5-7-9-11-13-15-17-19-21-23-25-32-29-34-27-28-36(40(37,38)39)31-35(34)30-33(32)26-24-22-20-18-16-14-12-10-8-6-4-2/h27-31H,3-26H2,1-2H3,(H,37,38,39). The summed E-state index contributed by atoms with van der Waals surface area (Å²) in [6, 6.07) is 9.45.